The summed E-state index contributed by atoms with van der Waals surface area (Å²) < 4.78 is 0. The Morgan fingerprint density at radius 1 is 0.750 bits per heavy atom. The zero-order valence-electron chi connectivity index (χ0n) is 11.8. The molecule has 2 aromatic rings. The Kier molecular flexibility index (Phi) is 5.35. The molecule has 0 unspecified atom stereocenters. The zero-order chi connectivity index (χ0) is 18.2. The number of benzene rings is 2. The molecule has 2 aromatic carbocycles. The molecule has 0 atom stereocenters. The van der Waals surface area contributed by atoms with Crippen molar-refractivity contribution in [1.29, 1.82) is 0 Å². The average molecular weight is 408 g/mol. The third-order valence-electron chi connectivity index (χ3n) is 2.94. The highest BCUT2D eigenvalue weighted by molar-refractivity contribution is 6.49. The standard InChI is InChI=1S/C14H10Cl4N4O2/c15-7-1-5(19)2-8(16)11(7)22(14(24)13(21)23)12-9(17)3-6(20)4-10(12)18/h1-4H,19-20H2,(H2,21,23). The molecule has 0 spiro atoms. The first-order chi connectivity index (χ1) is 11.1. The van der Waals surface area contributed by atoms with Gasteiger partial charge in [-0.25, -0.2) is 0 Å². The predicted molar refractivity (Wildman–Crippen MR) is 98.1 cm³/mol. The topological polar surface area (TPSA) is 115 Å². The fourth-order valence-electron chi connectivity index (χ4n) is 2.02. The largest absolute Gasteiger partial charge is 0.399 e. The Morgan fingerprint density at radius 2 is 1.04 bits per heavy atom. The van der Waals surface area contributed by atoms with Crippen LogP contribution in [0, 0.1) is 0 Å². The number of hydrogen-bond donors (Lipinski definition) is 3. The highest BCUT2D eigenvalue weighted by Gasteiger charge is 2.30. The predicted octanol–water partition coefficient (Wildman–Crippen LogP) is 3.61. The third kappa shape index (κ3) is 3.47. The van der Waals surface area contributed by atoms with Crippen LogP contribution in [0.4, 0.5) is 22.7 Å². The van der Waals surface area contributed by atoms with Crippen LogP contribution < -0.4 is 22.1 Å². The molecule has 24 heavy (non-hydrogen) atoms. The maximum atomic E-state index is 12.4. The first-order valence-electron chi connectivity index (χ1n) is 6.26. The summed E-state index contributed by atoms with van der Waals surface area (Å²) >= 11 is 24.6. The molecule has 0 radical (unpaired) electrons. The number of primary amides is 1. The molecule has 2 amide bonds. The number of amides is 2. The van der Waals surface area contributed by atoms with Crippen LogP contribution in [0.5, 0.6) is 0 Å². The van der Waals surface area contributed by atoms with E-state index >= 15 is 0 Å². The van der Waals surface area contributed by atoms with Crippen LogP contribution in [0.3, 0.4) is 0 Å². The molecule has 0 aromatic heterocycles. The van der Waals surface area contributed by atoms with Crippen molar-refractivity contribution in [2.24, 2.45) is 5.73 Å². The van der Waals surface area contributed by atoms with Crippen LogP contribution in [0.2, 0.25) is 20.1 Å². The van der Waals surface area contributed by atoms with E-state index in [4.69, 9.17) is 63.6 Å². The van der Waals surface area contributed by atoms with Gasteiger partial charge in [-0.15, -0.1) is 0 Å². The fourth-order valence-corrected chi connectivity index (χ4v) is 3.37. The van der Waals surface area contributed by atoms with E-state index in [2.05, 4.69) is 0 Å². The Balaban J connectivity index is 2.83. The summed E-state index contributed by atoms with van der Waals surface area (Å²) in [7, 11) is 0. The summed E-state index contributed by atoms with van der Waals surface area (Å²) in [6.45, 7) is 0. The molecule has 2 rings (SSSR count). The first-order valence-corrected chi connectivity index (χ1v) is 7.77. The van der Waals surface area contributed by atoms with Gasteiger partial charge in [-0.2, -0.15) is 0 Å². The Bertz CT molecular complexity index is 753. The van der Waals surface area contributed by atoms with Crippen LogP contribution in [-0.2, 0) is 9.59 Å². The molecule has 0 aliphatic heterocycles. The number of hydrogen-bond acceptors (Lipinski definition) is 4. The van der Waals surface area contributed by atoms with E-state index in [-0.39, 0.29) is 42.8 Å². The van der Waals surface area contributed by atoms with E-state index in [0.29, 0.717) is 0 Å². The van der Waals surface area contributed by atoms with Crippen LogP contribution in [0.25, 0.3) is 0 Å². The zero-order valence-corrected chi connectivity index (χ0v) is 14.8. The van der Waals surface area contributed by atoms with Crippen molar-refractivity contribution in [1.82, 2.24) is 0 Å². The van der Waals surface area contributed by atoms with E-state index in [1.807, 2.05) is 0 Å². The lowest BCUT2D eigenvalue weighted by atomic mass is 10.2. The van der Waals surface area contributed by atoms with Gasteiger partial charge in [0.15, 0.2) is 0 Å². The lowest BCUT2D eigenvalue weighted by Gasteiger charge is -2.26. The molecule has 10 heteroatoms. The lowest BCUT2D eigenvalue weighted by Crippen LogP contribution is -2.38. The smallest absolute Gasteiger partial charge is 0.320 e. The third-order valence-corrected chi connectivity index (χ3v) is 4.09. The molecule has 0 bridgehead atoms. The van der Waals surface area contributed by atoms with Gasteiger partial charge in [0.05, 0.1) is 31.5 Å². The number of anilines is 4. The van der Waals surface area contributed by atoms with Crippen molar-refractivity contribution < 1.29 is 9.59 Å². The molecule has 0 aliphatic rings. The van der Waals surface area contributed by atoms with Gasteiger partial charge in [0.1, 0.15) is 0 Å². The van der Waals surface area contributed by atoms with Crippen molar-refractivity contribution in [2.45, 2.75) is 0 Å². The van der Waals surface area contributed by atoms with Crippen LogP contribution >= 0.6 is 46.4 Å². The molecular weight excluding hydrogens is 398 g/mol. The number of carbonyl (C=O) groups excluding carboxylic acids is 2. The first kappa shape index (κ1) is 18.5. The summed E-state index contributed by atoms with van der Waals surface area (Å²) in [5.41, 5.74) is 16.9. The summed E-state index contributed by atoms with van der Waals surface area (Å²) in [6, 6.07) is 5.40. The van der Waals surface area contributed by atoms with E-state index in [9.17, 15) is 9.59 Å². The van der Waals surface area contributed by atoms with Crippen LogP contribution in [-0.4, -0.2) is 11.8 Å². The minimum Gasteiger partial charge on any atom is -0.399 e. The number of nitrogens with zero attached hydrogens (tertiary/aromatic N) is 1. The van der Waals surface area contributed by atoms with E-state index < -0.39 is 11.8 Å². The summed E-state index contributed by atoms with van der Waals surface area (Å²) in [5, 5.41) is -0.00534. The highest BCUT2D eigenvalue weighted by Crippen LogP contribution is 2.45. The second-order valence-corrected chi connectivity index (χ2v) is 6.30. The van der Waals surface area contributed by atoms with Crippen molar-refractivity contribution in [3.63, 3.8) is 0 Å². The Hall–Kier alpha value is -1.86. The number of rotatable bonds is 2. The normalized spacial score (nSPS) is 10.5. The van der Waals surface area contributed by atoms with Gasteiger partial charge < -0.3 is 17.2 Å². The van der Waals surface area contributed by atoms with E-state index in [1.54, 1.807) is 0 Å². The average Bonchev–Trinajstić information content (AvgIpc) is 2.42. The molecule has 0 fully saturated rings. The van der Waals surface area contributed by atoms with Gasteiger partial charge in [-0.05, 0) is 24.3 Å². The SMILES string of the molecule is NC(=O)C(=O)N(c1c(Cl)cc(N)cc1Cl)c1c(Cl)cc(N)cc1Cl. The van der Waals surface area contributed by atoms with Gasteiger partial charge >= 0.3 is 11.8 Å². The van der Waals surface area contributed by atoms with Gasteiger partial charge in [-0.1, -0.05) is 46.4 Å². The summed E-state index contributed by atoms with van der Waals surface area (Å²) in [5.74, 6) is -2.40. The Morgan fingerprint density at radius 3 is 1.29 bits per heavy atom. The second kappa shape index (κ2) is 6.94. The highest BCUT2D eigenvalue weighted by atomic mass is 35.5. The van der Waals surface area contributed by atoms with Crippen molar-refractivity contribution in [3.8, 4) is 0 Å². The van der Waals surface area contributed by atoms with Gasteiger partial charge in [0, 0.05) is 11.4 Å². The van der Waals surface area contributed by atoms with Crippen molar-refractivity contribution in [2.75, 3.05) is 16.4 Å². The number of nitrogens with two attached hydrogens (primary N) is 3. The van der Waals surface area contributed by atoms with Gasteiger partial charge in [0.25, 0.3) is 0 Å². The minimum absolute atomic E-state index is 0.00133. The van der Waals surface area contributed by atoms with Crippen LogP contribution in [0.1, 0.15) is 0 Å². The van der Waals surface area contributed by atoms with Crippen molar-refractivity contribution >= 4 is 81.0 Å². The fraction of sp³-hybridized carbons (Fsp3) is 0. The molecule has 6 N–H and O–H groups in total. The van der Waals surface area contributed by atoms with E-state index in [1.165, 1.54) is 24.3 Å². The monoisotopic (exact) mass is 406 g/mol. The number of carbonyl (C=O) groups is 2. The quantitative estimate of drug-likeness (QED) is 0.520. The molecule has 0 saturated heterocycles. The van der Waals surface area contributed by atoms with Crippen LogP contribution in [0.15, 0.2) is 24.3 Å². The summed E-state index contributed by atoms with van der Waals surface area (Å²) in [6.07, 6.45) is 0. The summed E-state index contributed by atoms with van der Waals surface area (Å²) in [4.78, 5) is 24.7. The van der Waals surface area contributed by atoms with Crippen molar-refractivity contribution in [3.05, 3.63) is 44.4 Å². The van der Waals surface area contributed by atoms with Gasteiger partial charge in [0.2, 0.25) is 0 Å². The molecule has 126 valence electrons. The van der Waals surface area contributed by atoms with E-state index in [0.717, 1.165) is 4.90 Å². The molecular formula is C14H10Cl4N4O2. The maximum absolute atomic E-state index is 12.4. The Labute approximate surface area is 157 Å². The second-order valence-electron chi connectivity index (χ2n) is 4.67. The maximum Gasteiger partial charge on any atom is 0.320 e. The molecule has 0 heterocycles. The number of nitrogen functional groups attached to an aromatic ring is 2. The molecule has 6 nitrogen and oxygen atoms in total. The van der Waals surface area contributed by atoms with Gasteiger partial charge in [-0.3, -0.25) is 14.5 Å². The molecule has 0 aliphatic carbocycles. The minimum atomic E-state index is -1.26. The lowest BCUT2D eigenvalue weighted by molar-refractivity contribution is -0.135. The number of halogens is 4. The molecule has 0 saturated carbocycles.